The van der Waals surface area contributed by atoms with Crippen molar-refractivity contribution in [3.8, 4) is 0 Å². The van der Waals surface area contributed by atoms with Gasteiger partial charge in [0.05, 0.1) is 22.7 Å². The van der Waals surface area contributed by atoms with E-state index in [1.807, 2.05) is 133 Å². The molecule has 0 saturated carbocycles. The van der Waals surface area contributed by atoms with Crippen molar-refractivity contribution in [1.82, 2.24) is 15.3 Å². The molecule has 4 aromatic carbocycles. The molecule has 0 saturated heterocycles. The zero-order valence-corrected chi connectivity index (χ0v) is 33.9. The summed E-state index contributed by atoms with van der Waals surface area (Å²) in [5, 5.41) is 40.3. The number of carbonyl (C=O) groups is 3. The fraction of sp³-hybridized carbons (Fsp3) is 0.196. The zero-order valence-electron chi connectivity index (χ0n) is 32.3. The molecule has 6 aromatic rings. The molecule has 59 heavy (non-hydrogen) atoms. The van der Waals surface area contributed by atoms with Gasteiger partial charge in [0.15, 0.2) is 0 Å². The summed E-state index contributed by atoms with van der Waals surface area (Å²) in [4.78, 5) is 43.3. The van der Waals surface area contributed by atoms with Crippen LogP contribution in [0.3, 0.4) is 0 Å². The van der Waals surface area contributed by atoms with Crippen molar-refractivity contribution in [2.45, 2.75) is 41.7 Å². The van der Waals surface area contributed by atoms with Gasteiger partial charge >= 0.3 is 11.9 Å². The second kappa shape index (κ2) is 21.3. The lowest BCUT2D eigenvalue weighted by Crippen LogP contribution is -2.42. The molecule has 0 bridgehead atoms. The van der Waals surface area contributed by atoms with Crippen LogP contribution in [-0.4, -0.2) is 71.8 Å². The zero-order chi connectivity index (χ0) is 42.3. The van der Waals surface area contributed by atoms with Gasteiger partial charge in [0.2, 0.25) is 5.91 Å². The van der Waals surface area contributed by atoms with E-state index >= 15 is 0 Å². The van der Waals surface area contributed by atoms with Crippen LogP contribution in [0, 0.1) is 0 Å². The van der Waals surface area contributed by atoms with Gasteiger partial charge in [0.1, 0.15) is 12.1 Å². The molecule has 0 fully saturated rings. The molecule has 0 aliphatic carbocycles. The number of carboxylic acids is 2. The molecule has 7 N–H and O–H groups in total. The van der Waals surface area contributed by atoms with E-state index in [-0.39, 0.29) is 24.7 Å². The second-order valence-corrected chi connectivity index (χ2v) is 15.9. The molecule has 0 aliphatic heterocycles. The van der Waals surface area contributed by atoms with E-state index in [2.05, 4.69) is 15.3 Å². The monoisotopic (exact) mass is 830 g/mol. The summed E-state index contributed by atoms with van der Waals surface area (Å²) in [7, 11) is 0. The molecule has 13 heteroatoms. The Balaban J connectivity index is 0.000000225. The number of hydrogen-bond acceptors (Lipinski definition) is 10. The standard InChI is InChI=1S/C24H24N2O4S.C22H22N2O3S/c1-17(28)26-22(23(29)30)16-31-24(19-6-3-2-4-7-19,21-8-5-13-25-14-21)20-11-9-18(15-27)10-12-20;23-20(21(26)27)15-28-22(17-5-2-1-3-6-17,19-7-4-12-24-13-19)18-10-8-16(14-25)9-11-18/h2-14,22,27H,15-16H2,1H3,(H,26,28)(H,29,30);1-13,20,25H,14-15,23H2,(H,26,27)/t22-,24?;20-,22?/m00/s1. The Morgan fingerprint density at radius 3 is 1.31 bits per heavy atom. The molecular formula is C46H46N4O7S2. The minimum Gasteiger partial charge on any atom is -0.480 e. The van der Waals surface area contributed by atoms with Gasteiger partial charge in [-0.3, -0.25) is 19.6 Å². The number of hydrogen-bond donors (Lipinski definition) is 6. The Kier molecular flexibility index (Phi) is 15.9. The molecule has 4 atom stereocenters. The number of aliphatic hydroxyl groups excluding tert-OH is 2. The largest absolute Gasteiger partial charge is 0.480 e. The first-order chi connectivity index (χ1) is 28.5. The summed E-state index contributed by atoms with van der Waals surface area (Å²) in [6.07, 6.45) is 6.97. The van der Waals surface area contributed by atoms with Gasteiger partial charge in [-0.25, -0.2) is 4.79 Å². The van der Waals surface area contributed by atoms with Gasteiger partial charge in [-0.15, -0.1) is 23.5 Å². The number of nitrogens with two attached hydrogens (primary N) is 1. The van der Waals surface area contributed by atoms with Crippen LogP contribution in [0.25, 0.3) is 0 Å². The van der Waals surface area contributed by atoms with E-state index in [9.17, 15) is 34.8 Å². The van der Waals surface area contributed by atoms with Crippen molar-refractivity contribution < 1.29 is 34.8 Å². The van der Waals surface area contributed by atoms with E-state index < -0.39 is 39.4 Å². The number of benzene rings is 4. The summed E-state index contributed by atoms with van der Waals surface area (Å²) in [6.45, 7) is 1.20. The van der Waals surface area contributed by atoms with Crippen molar-refractivity contribution in [2.24, 2.45) is 5.73 Å². The number of nitrogens with one attached hydrogen (secondary N) is 1. The van der Waals surface area contributed by atoms with Crippen molar-refractivity contribution >= 4 is 41.4 Å². The summed E-state index contributed by atoms with van der Waals surface area (Å²) in [5.41, 5.74) is 13.1. The van der Waals surface area contributed by atoms with Crippen LogP contribution < -0.4 is 11.1 Å². The molecule has 0 aliphatic rings. The topological polar surface area (TPSA) is 196 Å². The number of rotatable bonds is 17. The molecule has 0 radical (unpaired) electrons. The first-order valence-electron chi connectivity index (χ1n) is 18.6. The molecule has 2 unspecified atom stereocenters. The summed E-state index contributed by atoms with van der Waals surface area (Å²) >= 11 is 2.89. The number of aliphatic hydroxyl groups is 2. The van der Waals surface area contributed by atoms with E-state index in [1.165, 1.54) is 30.4 Å². The lowest BCUT2D eigenvalue weighted by Gasteiger charge is -2.36. The average molecular weight is 831 g/mol. The van der Waals surface area contributed by atoms with Gasteiger partial charge in [-0.1, -0.05) is 121 Å². The maximum absolute atomic E-state index is 11.8. The molecule has 1 amide bonds. The summed E-state index contributed by atoms with van der Waals surface area (Å²) in [6, 6.07) is 40.6. The number of aromatic nitrogens is 2. The van der Waals surface area contributed by atoms with Gasteiger partial charge < -0.3 is 31.5 Å². The van der Waals surface area contributed by atoms with Crippen molar-refractivity contribution in [3.05, 3.63) is 203 Å². The van der Waals surface area contributed by atoms with Crippen LogP contribution in [-0.2, 0) is 37.1 Å². The average Bonchev–Trinajstić information content (AvgIpc) is 3.28. The molecule has 6 rings (SSSR count). The number of pyridine rings is 2. The van der Waals surface area contributed by atoms with Crippen LogP contribution >= 0.6 is 23.5 Å². The van der Waals surface area contributed by atoms with Crippen LogP contribution in [0.1, 0.15) is 51.4 Å². The molecule has 304 valence electrons. The van der Waals surface area contributed by atoms with Crippen molar-refractivity contribution in [2.75, 3.05) is 11.5 Å². The van der Waals surface area contributed by atoms with Crippen molar-refractivity contribution in [3.63, 3.8) is 0 Å². The Bertz CT molecular complexity index is 2160. The Morgan fingerprint density at radius 2 is 0.966 bits per heavy atom. The van der Waals surface area contributed by atoms with E-state index in [0.29, 0.717) is 0 Å². The maximum Gasteiger partial charge on any atom is 0.327 e. The minimum atomic E-state index is -1.09. The summed E-state index contributed by atoms with van der Waals surface area (Å²) < 4.78 is -1.45. The van der Waals surface area contributed by atoms with E-state index in [0.717, 1.165) is 44.5 Å². The predicted molar refractivity (Wildman–Crippen MR) is 232 cm³/mol. The number of thioether (sulfide) groups is 2. The lowest BCUT2D eigenvalue weighted by atomic mass is 9.84. The number of carbonyl (C=O) groups excluding carboxylic acids is 1. The molecule has 2 heterocycles. The lowest BCUT2D eigenvalue weighted by molar-refractivity contribution is -0.140. The third-order valence-electron chi connectivity index (χ3n) is 9.52. The highest BCUT2D eigenvalue weighted by atomic mass is 32.2. The molecule has 2 aromatic heterocycles. The summed E-state index contributed by atoms with van der Waals surface area (Å²) in [5.74, 6) is -2.16. The van der Waals surface area contributed by atoms with Gasteiger partial charge in [0.25, 0.3) is 0 Å². The van der Waals surface area contributed by atoms with Gasteiger partial charge in [-0.2, -0.15) is 0 Å². The van der Waals surface area contributed by atoms with Gasteiger partial charge in [0, 0.05) is 43.2 Å². The minimum absolute atomic E-state index is 0.0391. The fourth-order valence-electron chi connectivity index (χ4n) is 6.59. The first-order valence-corrected chi connectivity index (χ1v) is 20.6. The fourth-order valence-corrected chi connectivity index (χ4v) is 9.59. The predicted octanol–water partition coefficient (Wildman–Crippen LogP) is 6.20. The Labute approximate surface area is 351 Å². The van der Waals surface area contributed by atoms with Gasteiger partial charge in [-0.05, 0) is 56.6 Å². The first kappa shape index (κ1) is 44.3. The Hall–Kier alpha value is -5.83. The maximum atomic E-state index is 11.8. The second-order valence-electron chi connectivity index (χ2n) is 13.4. The number of carboxylic acid groups (broad SMARTS) is 2. The highest BCUT2D eigenvalue weighted by Gasteiger charge is 2.40. The van der Waals surface area contributed by atoms with Crippen molar-refractivity contribution in [1.29, 1.82) is 0 Å². The SMILES string of the molecule is CC(=O)N[C@@H](CSC(c1ccccc1)(c1ccc(CO)cc1)c1cccnc1)C(=O)O.N[C@@H](CSC(c1ccccc1)(c1ccc(CO)cc1)c1cccnc1)C(=O)O. The van der Waals surface area contributed by atoms with Crippen LogP contribution in [0.15, 0.2) is 158 Å². The number of amides is 1. The quantitative estimate of drug-likeness (QED) is 0.0610. The molecular weight excluding hydrogens is 785 g/mol. The third kappa shape index (κ3) is 10.8. The highest BCUT2D eigenvalue weighted by molar-refractivity contribution is 8.01. The van der Waals surface area contributed by atoms with Crippen LogP contribution in [0.4, 0.5) is 0 Å². The Morgan fingerprint density at radius 1 is 0.576 bits per heavy atom. The van der Waals surface area contributed by atoms with E-state index in [4.69, 9.17) is 5.73 Å². The number of nitrogens with zero attached hydrogens (tertiary/aromatic N) is 2. The molecule has 11 nitrogen and oxygen atoms in total. The van der Waals surface area contributed by atoms with Crippen LogP contribution in [0.2, 0.25) is 0 Å². The smallest absolute Gasteiger partial charge is 0.327 e. The normalized spacial score (nSPS) is 14.0. The highest BCUT2D eigenvalue weighted by Crippen LogP contribution is 2.50. The third-order valence-corrected chi connectivity index (χ3v) is 12.8. The van der Waals surface area contributed by atoms with Crippen LogP contribution in [0.5, 0.6) is 0 Å². The number of aliphatic carboxylic acids is 2. The van der Waals surface area contributed by atoms with E-state index in [1.54, 1.807) is 24.8 Å². The molecule has 0 spiro atoms.